The minimum atomic E-state index is 0.195. The molecular weight excluding hydrogens is 166 g/mol. The van der Waals surface area contributed by atoms with Crippen molar-refractivity contribution in [3.8, 4) is 0 Å². The number of rotatable bonds is 2. The van der Waals surface area contributed by atoms with E-state index in [1.165, 1.54) is 0 Å². The molecule has 0 bridgehead atoms. The van der Waals surface area contributed by atoms with Crippen LogP contribution in [0.25, 0.3) is 0 Å². The molecule has 2 rings (SSSR count). The molecular formula is C9H12N3O. The number of aromatic nitrogens is 2. The smallest absolute Gasteiger partial charge is 0.151 e. The molecule has 1 aromatic rings. The summed E-state index contributed by atoms with van der Waals surface area (Å²) in [6, 6.07) is 3.84. The highest BCUT2D eigenvalue weighted by molar-refractivity contribution is 5.39. The van der Waals surface area contributed by atoms with Gasteiger partial charge in [0.1, 0.15) is 6.20 Å². The number of nitrogens with zero attached hydrogens (tertiary/aromatic N) is 3. The van der Waals surface area contributed by atoms with Crippen LogP contribution in [0.1, 0.15) is 12.8 Å². The normalized spacial score (nSPS) is 22.2. The Hall–Kier alpha value is -1.16. The Labute approximate surface area is 77.2 Å². The number of hydrogen-bond donors (Lipinski definition) is 1. The average Bonchev–Trinajstić information content (AvgIpc) is 2.67. The molecule has 1 saturated heterocycles. The molecule has 1 radical (unpaired) electrons. The molecule has 69 valence electrons. The summed E-state index contributed by atoms with van der Waals surface area (Å²) in [5.41, 5.74) is 0. The molecule has 2 heterocycles. The van der Waals surface area contributed by atoms with Gasteiger partial charge < -0.3 is 10.0 Å². The van der Waals surface area contributed by atoms with E-state index in [1.54, 1.807) is 6.07 Å². The second kappa shape index (κ2) is 3.70. The van der Waals surface area contributed by atoms with Crippen LogP contribution in [0.5, 0.6) is 0 Å². The maximum absolute atomic E-state index is 9.10. The number of aliphatic hydroxyl groups is 1. The molecule has 0 aliphatic carbocycles. The molecule has 4 heteroatoms. The third kappa shape index (κ3) is 1.62. The summed E-state index contributed by atoms with van der Waals surface area (Å²) < 4.78 is 0. The molecule has 1 atom stereocenters. The summed E-state index contributed by atoms with van der Waals surface area (Å²) >= 11 is 0. The predicted octanol–water partition coefficient (Wildman–Crippen LogP) is 0.238. The van der Waals surface area contributed by atoms with E-state index in [0.717, 1.165) is 25.2 Å². The maximum atomic E-state index is 9.10. The van der Waals surface area contributed by atoms with Crippen molar-refractivity contribution in [2.75, 3.05) is 18.1 Å². The molecule has 1 aliphatic rings. The Morgan fingerprint density at radius 2 is 2.62 bits per heavy atom. The fourth-order valence-corrected chi connectivity index (χ4v) is 1.74. The van der Waals surface area contributed by atoms with Crippen molar-refractivity contribution in [2.45, 2.75) is 18.9 Å². The van der Waals surface area contributed by atoms with Crippen LogP contribution in [0.4, 0.5) is 5.82 Å². The van der Waals surface area contributed by atoms with E-state index in [4.69, 9.17) is 5.11 Å². The summed E-state index contributed by atoms with van der Waals surface area (Å²) in [6.07, 6.45) is 4.79. The van der Waals surface area contributed by atoms with Crippen molar-refractivity contribution in [2.24, 2.45) is 0 Å². The first-order valence-corrected chi connectivity index (χ1v) is 4.49. The molecule has 13 heavy (non-hydrogen) atoms. The average molecular weight is 178 g/mol. The van der Waals surface area contributed by atoms with E-state index in [-0.39, 0.29) is 12.6 Å². The third-order valence-electron chi connectivity index (χ3n) is 2.40. The van der Waals surface area contributed by atoms with E-state index in [2.05, 4.69) is 21.3 Å². The van der Waals surface area contributed by atoms with Crippen molar-refractivity contribution in [1.82, 2.24) is 10.2 Å². The number of aliphatic hydroxyl groups excluding tert-OH is 1. The van der Waals surface area contributed by atoms with E-state index >= 15 is 0 Å². The zero-order chi connectivity index (χ0) is 9.10. The largest absolute Gasteiger partial charge is 0.394 e. The first kappa shape index (κ1) is 8.44. The zero-order valence-corrected chi connectivity index (χ0v) is 7.35. The highest BCUT2D eigenvalue weighted by Crippen LogP contribution is 2.22. The Balaban J connectivity index is 2.16. The van der Waals surface area contributed by atoms with Crippen molar-refractivity contribution in [1.29, 1.82) is 0 Å². The highest BCUT2D eigenvalue weighted by Gasteiger charge is 2.24. The molecule has 1 N–H and O–H groups in total. The van der Waals surface area contributed by atoms with Crippen molar-refractivity contribution in [3.05, 3.63) is 18.3 Å². The molecule has 0 saturated carbocycles. The lowest BCUT2D eigenvalue weighted by Crippen LogP contribution is -2.32. The Morgan fingerprint density at radius 3 is 3.31 bits per heavy atom. The SMILES string of the molecule is OCC1CCCN1c1cc[c]nn1. The van der Waals surface area contributed by atoms with Crippen LogP contribution in [0.3, 0.4) is 0 Å². The van der Waals surface area contributed by atoms with Gasteiger partial charge in [-0.25, -0.2) is 0 Å². The van der Waals surface area contributed by atoms with Crippen LogP contribution in [-0.4, -0.2) is 34.5 Å². The van der Waals surface area contributed by atoms with Crippen LogP contribution in [-0.2, 0) is 0 Å². The third-order valence-corrected chi connectivity index (χ3v) is 2.40. The molecule has 0 amide bonds. The molecule has 0 spiro atoms. The van der Waals surface area contributed by atoms with Gasteiger partial charge in [-0.1, -0.05) is 0 Å². The fraction of sp³-hybridized carbons (Fsp3) is 0.556. The summed E-state index contributed by atoms with van der Waals surface area (Å²) in [6.45, 7) is 1.16. The minimum absolute atomic E-state index is 0.195. The molecule has 1 aliphatic heterocycles. The minimum Gasteiger partial charge on any atom is -0.394 e. The first-order valence-electron chi connectivity index (χ1n) is 4.49. The van der Waals surface area contributed by atoms with Gasteiger partial charge in [0, 0.05) is 6.54 Å². The van der Waals surface area contributed by atoms with Gasteiger partial charge in [0.25, 0.3) is 0 Å². The second-order valence-electron chi connectivity index (χ2n) is 3.19. The van der Waals surface area contributed by atoms with Crippen LogP contribution in [0.2, 0.25) is 0 Å². The Kier molecular flexibility index (Phi) is 2.40. The topological polar surface area (TPSA) is 49.2 Å². The second-order valence-corrected chi connectivity index (χ2v) is 3.19. The van der Waals surface area contributed by atoms with Gasteiger partial charge in [0.2, 0.25) is 0 Å². The van der Waals surface area contributed by atoms with Crippen LogP contribution in [0.15, 0.2) is 12.1 Å². The molecule has 1 aromatic heterocycles. The highest BCUT2D eigenvalue weighted by atomic mass is 16.3. The summed E-state index contributed by atoms with van der Waals surface area (Å²) in [7, 11) is 0. The quantitative estimate of drug-likeness (QED) is 0.704. The van der Waals surface area contributed by atoms with E-state index in [9.17, 15) is 0 Å². The fourth-order valence-electron chi connectivity index (χ4n) is 1.74. The lowest BCUT2D eigenvalue weighted by atomic mass is 10.2. The molecule has 4 nitrogen and oxygen atoms in total. The number of hydrogen-bond acceptors (Lipinski definition) is 4. The van der Waals surface area contributed by atoms with Crippen LogP contribution < -0.4 is 4.90 Å². The Bertz CT molecular complexity index is 265. The van der Waals surface area contributed by atoms with Gasteiger partial charge in [0.15, 0.2) is 5.82 Å². The predicted molar refractivity (Wildman–Crippen MR) is 48.3 cm³/mol. The lowest BCUT2D eigenvalue weighted by Gasteiger charge is -2.22. The van der Waals surface area contributed by atoms with E-state index < -0.39 is 0 Å². The summed E-state index contributed by atoms with van der Waals surface area (Å²) in [5.74, 6) is 0.843. The van der Waals surface area contributed by atoms with E-state index in [0.29, 0.717) is 0 Å². The molecule has 0 aromatic carbocycles. The number of anilines is 1. The van der Waals surface area contributed by atoms with Crippen LogP contribution >= 0.6 is 0 Å². The van der Waals surface area contributed by atoms with Gasteiger partial charge >= 0.3 is 0 Å². The maximum Gasteiger partial charge on any atom is 0.151 e. The van der Waals surface area contributed by atoms with Gasteiger partial charge in [-0.2, -0.15) is 0 Å². The van der Waals surface area contributed by atoms with Crippen LogP contribution in [0, 0.1) is 6.20 Å². The summed E-state index contributed by atoms with van der Waals surface area (Å²) in [5, 5.41) is 16.8. The van der Waals surface area contributed by atoms with Gasteiger partial charge in [-0.3, -0.25) is 0 Å². The monoisotopic (exact) mass is 178 g/mol. The Morgan fingerprint density at radius 1 is 1.69 bits per heavy atom. The van der Waals surface area contributed by atoms with Gasteiger partial charge in [-0.05, 0) is 25.0 Å². The van der Waals surface area contributed by atoms with Gasteiger partial charge in [0.05, 0.1) is 12.6 Å². The first-order chi connectivity index (χ1) is 6.42. The zero-order valence-electron chi connectivity index (χ0n) is 7.35. The van der Waals surface area contributed by atoms with Crippen molar-refractivity contribution >= 4 is 5.82 Å². The molecule has 1 unspecified atom stereocenters. The summed E-state index contributed by atoms with van der Waals surface area (Å²) in [4.78, 5) is 2.10. The lowest BCUT2D eigenvalue weighted by molar-refractivity contribution is 0.266. The standard InChI is InChI=1S/C9H12N3O/c13-7-8-3-2-6-12(8)9-4-1-5-10-11-9/h1,4,8,13H,2-3,6-7H2. The van der Waals surface area contributed by atoms with Gasteiger partial charge in [-0.15, -0.1) is 10.2 Å². The van der Waals surface area contributed by atoms with Crippen molar-refractivity contribution < 1.29 is 5.11 Å². The van der Waals surface area contributed by atoms with E-state index in [1.807, 2.05) is 6.07 Å². The molecule has 1 fully saturated rings. The van der Waals surface area contributed by atoms with Crippen molar-refractivity contribution in [3.63, 3.8) is 0 Å².